The summed E-state index contributed by atoms with van der Waals surface area (Å²) >= 11 is 17.6. The molecule has 0 spiro atoms. The van der Waals surface area contributed by atoms with Crippen molar-refractivity contribution in [2.24, 2.45) is 4.99 Å². The fourth-order valence-electron chi connectivity index (χ4n) is 4.53. The maximum Gasteiger partial charge on any atom is 0.338 e. The molecular weight excluding hydrogens is 654 g/mol. The minimum atomic E-state index is -0.843. The summed E-state index contributed by atoms with van der Waals surface area (Å²) in [5, 5.41) is 0.801. The van der Waals surface area contributed by atoms with E-state index in [1.54, 1.807) is 74.5 Å². The summed E-state index contributed by atoms with van der Waals surface area (Å²) in [6.45, 7) is 3.54. The Morgan fingerprint density at radius 2 is 1.90 bits per heavy atom. The van der Waals surface area contributed by atoms with Crippen molar-refractivity contribution in [1.29, 1.82) is 0 Å². The number of nitrogens with zero attached hydrogens (tertiary/aromatic N) is 2. The van der Waals surface area contributed by atoms with Gasteiger partial charge in [-0.3, -0.25) is 9.36 Å². The van der Waals surface area contributed by atoms with Crippen LogP contribution >= 0.6 is 50.5 Å². The molecule has 3 aromatic carbocycles. The van der Waals surface area contributed by atoms with Crippen LogP contribution in [0.3, 0.4) is 0 Å². The predicted molar refractivity (Wildman–Crippen MR) is 162 cm³/mol. The van der Waals surface area contributed by atoms with Gasteiger partial charge in [-0.2, -0.15) is 0 Å². The van der Waals surface area contributed by atoms with Crippen molar-refractivity contribution in [3.05, 3.63) is 129 Å². The number of aromatic nitrogens is 1. The van der Waals surface area contributed by atoms with Crippen LogP contribution in [0.1, 0.15) is 36.6 Å². The molecule has 0 N–H and O–H groups in total. The second-order valence-electron chi connectivity index (χ2n) is 9.01. The Kier molecular flexibility index (Phi) is 8.79. The second-order valence-corrected chi connectivity index (χ2v) is 11.7. The standard InChI is InChI=1S/C30H22BrCl2FN2O4S/c1-3-39-29(38)25-16(2)35-30-36(26(25)20-9-5-6-10-22(20)33)28(37)24(41-30)13-18-12-19(32)14-21(31)27(18)40-15-17-8-4-7-11-23(17)34/h4-14,26H,3,15H2,1-2H3/b24-13-/t26-/m1/s1. The lowest BCUT2D eigenvalue weighted by molar-refractivity contribution is -0.139. The highest BCUT2D eigenvalue weighted by molar-refractivity contribution is 9.10. The number of rotatable bonds is 7. The van der Waals surface area contributed by atoms with Crippen LogP contribution in [0.5, 0.6) is 5.75 Å². The fourth-order valence-corrected chi connectivity index (χ4v) is 6.75. The molecule has 0 unspecified atom stereocenters. The molecule has 1 atom stereocenters. The van der Waals surface area contributed by atoms with Gasteiger partial charge < -0.3 is 9.47 Å². The Labute approximate surface area is 257 Å². The maximum atomic E-state index is 14.2. The van der Waals surface area contributed by atoms with E-state index in [2.05, 4.69) is 20.9 Å². The number of carbonyl (C=O) groups is 1. The second kappa shape index (κ2) is 12.3. The molecule has 4 aromatic rings. The van der Waals surface area contributed by atoms with Gasteiger partial charge in [0.15, 0.2) is 4.80 Å². The maximum absolute atomic E-state index is 14.2. The summed E-state index contributed by atoms with van der Waals surface area (Å²) in [5.41, 5.74) is 1.73. The number of fused-ring (bicyclic) bond motifs is 1. The van der Waals surface area contributed by atoms with Crippen molar-refractivity contribution in [2.75, 3.05) is 6.61 Å². The van der Waals surface area contributed by atoms with Gasteiger partial charge in [0.25, 0.3) is 5.56 Å². The first-order chi connectivity index (χ1) is 19.7. The van der Waals surface area contributed by atoms with Crippen LogP contribution in [0.4, 0.5) is 4.39 Å². The van der Waals surface area contributed by atoms with Crippen molar-refractivity contribution in [3.8, 4) is 5.75 Å². The van der Waals surface area contributed by atoms with Crippen LogP contribution in [0.25, 0.3) is 6.08 Å². The third-order valence-corrected chi connectivity index (χ3v) is 8.50. The minimum Gasteiger partial charge on any atom is -0.487 e. The van der Waals surface area contributed by atoms with Crippen LogP contribution in [-0.2, 0) is 16.1 Å². The topological polar surface area (TPSA) is 69.9 Å². The normalized spacial score (nSPS) is 15.0. The van der Waals surface area contributed by atoms with E-state index in [0.717, 1.165) is 11.3 Å². The van der Waals surface area contributed by atoms with Crippen LogP contribution in [-0.4, -0.2) is 17.1 Å². The number of ether oxygens (including phenoxy) is 2. The molecule has 0 saturated carbocycles. The average molecular weight is 676 g/mol. The third kappa shape index (κ3) is 5.90. The quantitative estimate of drug-likeness (QED) is 0.208. The Morgan fingerprint density at radius 1 is 1.17 bits per heavy atom. The third-order valence-electron chi connectivity index (χ3n) is 6.37. The van der Waals surface area contributed by atoms with Crippen LogP contribution in [0.2, 0.25) is 10.0 Å². The smallest absolute Gasteiger partial charge is 0.338 e. The van der Waals surface area contributed by atoms with E-state index >= 15 is 0 Å². The van der Waals surface area contributed by atoms with Gasteiger partial charge in [-0.25, -0.2) is 14.2 Å². The van der Waals surface area contributed by atoms with Crippen molar-refractivity contribution in [2.45, 2.75) is 26.5 Å². The molecule has 0 fully saturated rings. The summed E-state index contributed by atoms with van der Waals surface area (Å²) in [4.78, 5) is 32.1. The van der Waals surface area contributed by atoms with E-state index in [9.17, 15) is 14.0 Å². The Bertz CT molecular complexity index is 1890. The molecule has 0 saturated heterocycles. The molecule has 210 valence electrons. The van der Waals surface area contributed by atoms with Gasteiger partial charge in [0, 0.05) is 21.2 Å². The molecule has 5 rings (SSSR count). The van der Waals surface area contributed by atoms with Gasteiger partial charge in [-0.05, 0) is 65.7 Å². The first-order valence-electron chi connectivity index (χ1n) is 12.5. The lowest BCUT2D eigenvalue weighted by atomic mass is 9.96. The summed E-state index contributed by atoms with van der Waals surface area (Å²) in [5.74, 6) is -0.579. The summed E-state index contributed by atoms with van der Waals surface area (Å²) in [6.07, 6.45) is 1.64. The van der Waals surface area contributed by atoms with E-state index in [0.29, 0.717) is 52.0 Å². The highest BCUT2D eigenvalue weighted by Gasteiger charge is 2.34. The van der Waals surface area contributed by atoms with Crippen molar-refractivity contribution in [3.63, 3.8) is 0 Å². The lowest BCUT2D eigenvalue weighted by Crippen LogP contribution is -2.40. The predicted octanol–water partition coefficient (Wildman–Crippen LogP) is 6.59. The number of hydrogen-bond acceptors (Lipinski definition) is 6. The molecule has 41 heavy (non-hydrogen) atoms. The van der Waals surface area contributed by atoms with Gasteiger partial charge in [0.2, 0.25) is 0 Å². The number of benzene rings is 3. The van der Waals surface area contributed by atoms with Gasteiger partial charge in [0.05, 0.1) is 26.9 Å². The van der Waals surface area contributed by atoms with E-state index < -0.39 is 12.0 Å². The Hall–Kier alpha value is -3.24. The lowest BCUT2D eigenvalue weighted by Gasteiger charge is -2.25. The molecule has 0 radical (unpaired) electrons. The molecule has 1 aliphatic heterocycles. The summed E-state index contributed by atoms with van der Waals surface area (Å²) in [7, 11) is 0. The minimum absolute atomic E-state index is 0.0381. The molecule has 2 heterocycles. The molecule has 6 nitrogen and oxygen atoms in total. The van der Waals surface area contributed by atoms with E-state index in [-0.39, 0.29) is 30.2 Å². The largest absolute Gasteiger partial charge is 0.487 e. The van der Waals surface area contributed by atoms with Crippen LogP contribution in [0.15, 0.2) is 86.2 Å². The number of halogens is 4. The highest BCUT2D eigenvalue weighted by Crippen LogP contribution is 2.36. The molecule has 11 heteroatoms. The molecule has 0 amide bonds. The molecule has 0 bridgehead atoms. The van der Waals surface area contributed by atoms with Gasteiger partial charge in [0.1, 0.15) is 24.2 Å². The van der Waals surface area contributed by atoms with Gasteiger partial charge in [-0.1, -0.05) is 70.9 Å². The Morgan fingerprint density at radius 3 is 2.63 bits per heavy atom. The van der Waals surface area contributed by atoms with E-state index in [1.165, 1.54) is 10.6 Å². The fraction of sp³-hybridized carbons (Fsp3) is 0.167. The average Bonchev–Trinajstić information content (AvgIpc) is 3.22. The number of hydrogen-bond donors (Lipinski definition) is 0. The molecule has 1 aliphatic rings. The van der Waals surface area contributed by atoms with Gasteiger partial charge in [-0.15, -0.1) is 0 Å². The molecular formula is C30H22BrCl2FN2O4S. The number of esters is 1. The highest BCUT2D eigenvalue weighted by atomic mass is 79.9. The van der Waals surface area contributed by atoms with Crippen LogP contribution in [0, 0.1) is 5.82 Å². The number of thiazole rings is 1. The molecule has 1 aromatic heterocycles. The van der Waals surface area contributed by atoms with E-state index in [4.69, 9.17) is 32.7 Å². The zero-order valence-electron chi connectivity index (χ0n) is 21.8. The SMILES string of the molecule is CCOC(=O)C1=C(C)N=c2s/c(=C\c3cc(Cl)cc(Br)c3OCc3ccccc3F)c(=O)n2[C@@H]1c1ccccc1Cl. The zero-order chi connectivity index (χ0) is 29.3. The number of carbonyl (C=O) groups excluding carboxylic acids is 1. The van der Waals surface area contributed by atoms with Crippen molar-refractivity contribution >= 4 is 62.5 Å². The van der Waals surface area contributed by atoms with Crippen LogP contribution < -0.4 is 19.6 Å². The monoisotopic (exact) mass is 674 g/mol. The van der Waals surface area contributed by atoms with E-state index in [1.807, 2.05) is 0 Å². The zero-order valence-corrected chi connectivity index (χ0v) is 25.7. The first kappa shape index (κ1) is 29.3. The summed E-state index contributed by atoms with van der Waals surface area (Å²) < 4.78 is 27.9. The summed E-state index contributed by atoms with van der Waals surface area (Å²) in [6, 6.07) is 15.8. The molecule has 0 aliphatic carbocycles. The van der Waals surface area contributed by atoms with Crippen molar-refractivity contribution in [1.82, 2.24) is 4.57 Å². The Balaban J connectivity index is 1.67. The van der Waals surface area contributed by atoms with Gasteiger partial charge >= 0.3 is 5.97 Å². The first-order valence-corrected chi connectivity index (χ1v) is 14.9. The van der Waals surface area contributed by atoms with Crippen molar-refractivity contribution < 1.29 is 18.7 Å². The number of allylic oxidation sites excluding steroid dienone is 1.